The highest BCUT2D eigenvalue weighted by Gasteiger charge is 2.26. The molecular formula is C22H26FN5O3. The number of benzene rings is 1. The van der Waals surface area contributed by atoms with Crippen molar-refractivity contribution in [2.75, 3.05) is 32.2 Å². The van der Waals surface area contributed by atoms with E-state index in [2.05, 4.69) is 20.1 Å². The van der Waals surface area contributed by atoms with Gasteiger partial charge in [0.25, 0.3) is 0 Å². The molecule has 3 heterocycles. The average Bonchev–Trinajstić information content (AvgIpc) is 3.21. The van der Waals surface area contributed by atoms with Crippen LogP contribution in [0, 0.1) is 12.7 Å². The molecule has 0 spiro atoms. The van der Waals surface area contributed by atoms with Crippen LogP contribution in [0.3, 0.4) is 0 Å². The van der Waals surface area contributed by atoms with Crippen LogP contribution < -0.4 is 14.4 Å². The number of nitrogens with zero attached hydrogens (tertiary/aromatic N) is 5. The number of hydrogen-bond donors (Lipinski definition) is 0. The van der Waals surface area contributed by atoms with Gasteiger partial charge in [-0.15, -0.1) is 10.2 Å². The summed E-state index contributed by atoms with van der Waals surface area (Å²) in [5.74, 6) is 2.29. The van der Waals surface area contributed by atoms with Crippen LogP contribution in [0.1, 0.15) is 24.2 Å². The topological polar surface area (TPSA) is 74.5 Å². The molecule has 0 bridgehead atoms. The monoisotopic (exact) mass is 427 g/mol. The summed E-state index contributed by atoms with van der Waals surface area (Å²) in [6, 6.07) is 8.36. The lowest BCUT2D eigenvalue weighted by molar-refractivity contribution is 0.168. The molecule has 1 fully saturated rings. The first kappa shape index (κ1) is 21.0. The van der Waals surface area contributed by atoms with Crippen LogP contribution in [0.4, 0.5) is 10.3 Å². The van der Waals surface area contributed by atoms with E-state index in [1.807, 2.05) is 17.6 Å². The number of pyridine rings is 1. The van der Waals surface area contributed by atoms with Crippen molar-refractivity contribution in [3.63, 3.8) is 0 Å². The van der Waals surface area contributed by atoms with Gasteiger partial charge in [0.15, 0.2) is 5.82 Å². The highest BCUT2D eigenvalue weighted by molar-refractivity contribution is 5.44. The molecule has 2 aromatic heterocycles. The van der Waals surface area contributed by atoms with Gasteiger partial charge in [-0.25, -0.2) is 9.37 Å². The second-order valence-electron chi connectivity index (χ2n) is 7.46. The molecule has 1 aliphatic heterocycles. The molecule has 1 saturated heterocycles. The Hall–Kier alpha value is -3.20. The molecule has 0 aliphatic carbocycles. The number of methoxy groups -OCH3 is 2. The molecule has 4 rings (SSSR count). The summed E-state index contributed by atoms with van der Waals surface area (Å²) >= 11 is 0. The lowest BCUT2D eigenvalue weighted by atomic mass is 10.1. The Morgan fingerprint density at radius 1 is 1.10 bits per heavy atom. The number of aromatic nitrogens is 4. The Kier molecular flexibility index (Phi) is 6.31. The Labute approximate surface area is 180 Å². The second-order valence-corrected chi connectivity index (χ2v) is 7.46. The van der Waals surface area contributed by atoms with Gasteiger partial charge in [-0.3, -0.25) is 4.57 Å². The van der Waals surface area contributed by atoms with Crippen LogP contribution in [-0.4, -0.2) is 53.2 Å². The van der Waals surface area contributed by atoms with E-state index in [1.165, 1.54) is 12.1 Å². The van der Waals surface area contributed by atoms with E-state index in [-0.39, 0.29) is 11.9 Å². The Morgan fingerprint density at radius 3 is 2.58 bits per heavy atom. The third kappa shape index (κ3) is 4.61. The van der Waals surface area contributed by atoms with E-state index in [1.54, 1.807) is 32.5 Å². The zero-order chi connectivity index (χ0) is 21.8. The zero-order valence-electron chi connectivity index (χ0n) is 17.9. The summed E-state index contributed by atoms with van der Waals surface area (Å²) in [7, 11) is 3.21. The lowest BCUT2D eigenvalue weighted by Crippen LogP contribution is -2.39. The molecule has 31 heavy (non-hydrogen) atoms. The van der Waals surface area contributed by atoms with E-state index in [0.717, 1.165) is 43.1 Å². The normalized spacial score (nSPS) is 14.6. The van der Waals surface area contributed by atoms with Gasteiger partial charge in [-0.05, 0) is 24.6 Å². The average molecular weight is 427 g/mol. The first-order valence-corrected chi connectivity index (χ1v) is 10.2. The molecule has 0 saturated carbocycles. The maximum Gasteiger partial charge on any atom is 0.232 e. The van der Waals surface area contributed by atoms with E-state index >= 15 is 0 Å². The number of hydrogen-bond acceptors (Lipinski definition) is 7. The van der Waals surface area contributed by atoms with Gasteiger partial charge in [-0.2, -0.15) is 0 Å². The van der Waals surface area contributed by atoms with Crippen LogP contribution in [0.5, 0.6) is 11.6 Å². The SMILES string of the molecule is COCc1nnc(N2CCC(Oc3cc(F)ccc3C)CC2)n1-c1ccc(OC)nc1. The van der Waals surface area contributed by atoms with Crippen molar-refractivity contribution in [3.8, 4) is 17.3 Å². The molecule has 0 radical (unpaired) electrons. The summed E-state index contributed by atoms with van der Waals surface area (Å²) in [6.45, 7) is 3.74. The van der Waals surface area contributed by atoms with Crippen LogP contribution >= 0.6 is 0 Å². The summed E-state index contributed by atoms with van der Waals surface area (Å²) in [5.41, 5.74) is 1.77. The highest BCUT2D eigenvalue weighted by Crippen LogP contribution is 2.27. The number of piperidine rings is 1. The molecule has 1 aromatic carbocycles. The van der Waals surface area contributed by atoms with Gasteiger partial charge in [-0.1, -0.05) is 6.07 Å². The van der Waals surface area contributed by atoms with Crippen molar-refractivity contribution in [2.24, 2.45) is 0 Å². The number of anilines is 1. The smallest absolute Gasteiger partial charge is 0.232 e. The highest BCUT2D eigenvalue weighted by atomic mass is 19.1. The number of ether oxygens (including phenoxy) is 3. The fourth-order valence-corrected chi connectivity index (χ4v) is 3.68. The van der Waals surface area contributed by atoms with Crippen LogP contribution in [0.15, 0.2) is 36.5 Å². The third-order valence-electron chi connectivity index (χ3n) is 5.34. The quantitative estimate of drug-likeness (QED) is 0.573. The molecule has 0 unspecified atom stereocenters. The summed E-state index contributed by atoms with van der Waals surface area (Å²) in [4.78, 5) is 6.48. The third-order valence-corrected chi connectivity index (χ3v) is 5.34. The molecular weight excluding hydrogens is 401 g/mol. The summed E-state index contributed by atoms with van der Waals surface area (Å²) in [6.07, 6.45) is 3.34. The van der Waals surface area contributed by atoms with Gasteiger partial charge in [0.1, 0.15) is 24.3 Å². The molecule has 3 aromatic rings. The Bertz CT molecular complexity index is 1020. The summed E-state index contributed by atoms with van der Waals surface area (Å²) < 4.78 is 32.1. The van der Waals surface area contributed by atoms with Gasteiger partial charge in [0.05, 0.1) is 19.0 Å². The predicted molar refractivity (Wildman–Crippen MR) is 113 cm³/mol. The zero-order valence-corrected chi connectivity index (χ0v) is 17.9. The van der Waals surface area contributed by atoms with Crippen molar-refractivity contribution in [2.45, 2.75) is 32.5 Å². The van der Waals surface area contributed by atoms with E-state index in [9.17, 15) is 4.39 Å². The number of rotatable bonds is 7. The van der Waals surface area contributed by atoms with Crippen molar-refractivity contribution in [1.82, 2.24) is 19.7 Å². The molecule has 0 atom stereocenters. The Morgan fingerprint density at radius 2 is 1.90 bits per heavy atom. The fraction of sp³-hybridized carbons (Fsp3) is 0.409. The largest absolute Gasteiger partial charge is 0.490 e. The number of halogens is 1. The van der Waals surface area contributed by atoms with Crippen molar-refractivity contribution in [3.05, 3.63) is 53.7 Å². The minimum Gasteiger partial charge on any atom is -0.490 e. The maximum absolute atomic E-state index is 13.6. The molecule has 0 amide bonds. The lowest BCUT2D eigenvalue weighted by Gasteiger charge is -2.33. The minimum atomic E-state index is -0.287. The van der Waals surface area contributed by atoms with Crippen LogP contribution in [0.25, 0.3) is 5.69 Å². The standard InChI is InChI=1S/C22H26FN5O3/c1-15-4-5-16(23)12-19(15)31-18-8-10-27(11-9-18)22-26-25-20(14-29-2)28(22)17-6-7-21(30-3)24-13-17/h4-7,12-13,18H,8-11,14H2,1-3H3. The first-order chi connectivity index (χ1) is 15.1. The molecule has 0 N–H and O–H groups in total. The molecule has 8 nitrogen and oxygen atoms in total. The van der Waals surface area contributed by atoms with Crippen LogP contribution in [0.2, 0.25) is 0 Å². The Balaban J connectivity index is 1.51. The van der Waals surface area contributed by atoms with Gasteiger partial charge >= 0.3 is 0 Å². The molecule has 1 aliphatic rings. The first-order valence-electron chi connectivity index (χ1n) is 10.2. The second kappa shape index (κ2) is 9.30. The van der Waals surface area contributed by atoms with Crippen molar-refractivity contribution >= 4 is 5.95 Å². The van der Waals surface area contributed by atoms with Gasteiger partial charge < -0.3 is 19.1 Å². The summed E-state index contributed by atoms with van der Waals surface area (Å²) in [5, 5.41) is 8.74. The molecule has 164 valence electrons. The fourth-order valence-electron chi connectivity index (χ4n) is 3.68. The minimum absolute atomic E-state index is 0.0224. The maximum atomic E-state index is 13.6. The van der Waals surface area contributed by atoms with Gasteiger partial charge in [0, 0.05) is 45.2 Å². The predicted octanol–water partition coefficient (Wildman–Crippen LogP) is 3.31. The van der Waals surface area contributed by atoms with Crippen molar-refractivity contribution in [1.29, 1.82) is 0 Å². The number of aryl methyl sites for hydroxylation is 1. The van der Waals surface area contributed by atoms with E-state index in [4.69, 9.17) is 14.2 Å². The van der Waals surface area contributed by atoms with Crippen molar-refractivity contribution < 1.29 is 18.6 Å². The van der Waals surface area contributed by atoms with E-state index < -0.39 is 0 Å². The van der Waals surface area contributed by atoms with E-state index in [0.29, 0.717) is 24.1 Å². The molecule has 9 heteroatoms. The van der Waals surface area contributed by atoms with Gasteiger partial charge in [0.2, 0.25) is 11.8 Å². The van der Waals surface area contributed by atoms with Crippen LogP contribution in [-0.2, 0) is 11.3 Å².